The minimum Gasteiger partial charge on any atom is -0.453 e. The van der Waals surface area contributed by atoms with Gasteiger partial charge >= 0.3 is 12.0 Å². The minimum atomic E-state index is -1.21. The Hall–Kier alpha value is -4.22. The van der Waals surface area contributed by atoms with Crippen molar-refractivity contribution in [2.45, 2.75) is 140 Å². The van der Waals surface area contributed by atoms with Crippen LogP contribution in [-0.4, -0.2) is 77.2 Å². The number of nitrogens with one attached hydrogen (secondary N) is 4. The Labute approximate surface area is 337 Å². The molecule has 1 aliphatic heterocycles. The second-order valence-corrected chi connectivity index (χ2v) is 19.4. The summed E-state index contributed by atoms with van der Waals surface area (Å²) >= 11 is 0. The lowest BCUT2D eigenvalue weighted by Crippen LogP contribution is -2.64. The maximum atomic E-state index is 14.8. The molecule has 1 unspecified atom stereocenters. The summed E-state index contributed by atoms with van der Waals surface area (Å²) in [6.07, 6.45) is 13.5. The van der Waals surface area contributed by atoms with Gasteiger partial charge in [0, 0.05) is 12.1 Å². The molecule has 1 aromatic carbocycles. The molecule has 7 aliphatic rings. The Morgan fingerprint density at radius 2 is 1.56 bits per heavy atom. The van der Waals surface area contributed by atoms with Crippen molar-refractivity contribution >= 4 is 35.5 Å². The highest BCUT2D eigenvalue weighted by atomic mass is 16.6. The number of fused-ring (bicyclic) bond motifs is 1. The quantitative estimate of drug-likeness (QED) is 0.107. The van der Waals surface area contributed by atoms with Crippen LogP contribution in [0.15, 0.2) is 43.0 Å². The molecule has 310 valence electrons. The molecule has 4 bridgehead atoms. The summed E-state index contributed by atoms with van der Waals surface area (Å²) in [5, 5.41) is 11.8. The molecule has 8 rings (SSSR count). The van der Waals surface area contributed by atoms with Crippen LogP contribution in [0, 0.1) is 40.9 Å². The zero-order chi connectivity index (χ0) is 40.7. The first-order valence-electron chi connectivity index (χ1n) is 21.5. The van der Waals surface area contributed by atoms with Crippen LogP contribution in [0.2, 0.25) is 0 Å². The van der Waals surface area contributed by atoms with Gasteiger partial charge in [-0.1, -0.05) is 69.5 Å². The predicted molar refractivity (Wildman–Crippen MR) is 214 cm³/mol. The van der Waals surface area contributed by atoms with Gasteiger partial charge in [0.1, 0.15) is 24.2 Å². The number of likely N-dealkylation sites (tertiary alicyclic amines) is 1. The van der Waals surface area contributed by atoms with Crippen molar-refractivity contribution in [3.8, 4) is 0 Å². The van der Waals surface area contributed by atoms with E-state index in [1.807, 2.05) is 30.3 Å². The van der Waals surface area contributed by atoms with E-state index in [0.29, 0.717) is 30.7 Å². The first kappa shape index (κ1) is 41.0. The number of hydrogen-bond donors (Lipinski definition) is 4. The fourth-order valence-electron chi connectivity index (χ4n) is 11.9. The number of rotatable bonds is 15. The number of ketones is 1. The van der Waals surface area contributed by atoms with Crippen molar-refractivity contribution in [2.24, 2.45) is 40.9 Å². The molecule has 0 radical (unpaired) electrons. The maximum absolute atomic E-state index is 14.8. The van der Waals surface area contributed by atoms with Crippen LogP contribution in [-0.2, 0) is 34.3 Å². The molecule has 0 aromatic heterocycles. The van der Waals surface area contributed by atoms with Gasteiger partial charge in [-0.05, 0) is 125 Å². The lowest BCUT2D eigenvalue weighted by atomic mass is 9.53. The van der Waals surface area contributed by atoms with Gasteiger partial charge in [-0.3, -0.25) is 24.0 Å². The fraction of sp³-hybridized carbons (Fsp3) is 0.689. The van der Waals surface area contributed by atoms with Gasteiger partial charge in [0.05, 0.1) is 6.04 Å². The highest BCUT2D eigenvalue weighted by Crippen LogP contribution is 2.65. The monoisotopic (exact) mass is 785 g/mol. The smallest absolute Gasteiger partial charge is 0.326 e. The molecular weight excluding hydrogens is 723 g/mol. The van der Waals surface area contributed by atoms with Crippen LogP contribution in [0.5, 0.6) is 0 Å². The summed E-state index contributed by atoms with van der Waals surface area (Å²) in [6, 6.07) is 6.06. The number of ether oxygens (including phenoxy) is 1. The van der Waals surface area contributed by atoms with Crippen LogP contribution in [0.25, 0.3) is 0 Å². The topological polar surface area (TPSA) is 163 Å². The third-order valence-electron chi connectivity index (χ3n) is 14.6. The summed E-state index contributed by atoms with van der Waals surface area (Å²) in [4.78, 5) is 84.3. The lowest BCUT2D eigenvalue weighted by Gasteiger charge is -2.56. The zero-order valence-corrected chi connectivity index (χ0v) is 34.3. The number of carbonyl (C=O) groups excluding carboxylic acids is 6. The second-order valence-electron chi connectivity index (χ2n) is 19.4. The highest BCUT2D eigenvalue weighted by molar-refractivity contribution is 6.38. The second kappa shape index (κ2) is 16.2. The number of carbonyl (C=O) groups is 6. The molecule has 12 nitrogen and oxygen atoms in total. The predicted octanol–water partition coefficient (Wildman–Crippen LogP) is 5.30. The largest absolute Gasteiger partial charge is 0.453 e. The minimum absolute atomic E-state index is 0.0439. The third-order valence-corrected chi connectivity index (χ3v) is 14.6. The first-order valence-corrected chi connectivity index (χ1v) is 21.5. The number of nitrogens with zero attached hydrogens (tertiary/aromatic N) is 1. The van der Waals surface area contributed by atoms with E-state index in [4.69, 9.17) is 4.74 Å². The van der Waals surface area contributed by atoms with E-state index >= 15 is 0 Å². The van der Waals surface area contributed by atoms with Crippen LogP contribution in [0.4, 0.5) is 4.79 Å². The highest BCUT2D eigenvalue weighted by Gasteiger charge is 2.70. The first-order chi connectivity index (χ1) is 27.1. The average Bonchev–Trinajstić information content (AvgIpc) is 3.46. The molecule has 0 spiro atoms. The van der Waals surface area contributed by atoms with Crippen LogP contribution < -0.4 is 21.3 Å². The van der Waals surface area contributed by atoms with Gasteiger partial charge in [-0.15, -0.1) is 6.58 Å². The number of amides is 5. The van der Waals surface area contributed by atoms with Gasteiger partial charge < -0.3 is 30.9 Å². The molecule has 6 saturated carbocycles. The Morgan fingerprint density at radius 1 is 0.930 bits per heavy atom. The molecule has 7 fully saturated rings. The zero-order valence-electron chi connectivity index (χ0n) is 34.3. The Bertz CT molecular complexity index is 1700. The van der Waals surface area contributed by atoms with E-state index < -0.39 is 53.8 Å². The van der Waals surface area contributed by atoms with Crippen molar-refractivity contribution < 1.29 is 33.5 Å². The Balaban J connectivity index is 1.02. The van der Waals surface area contributed by atoms with Crippen LogP contribution in [0.1, 0.15) is 117 Å². The number of benzene rings is 1. The number of hydrogen-bond acceptors (Lipinski definition) is 7. The molecule has 1 saturated heterocycles. The van der Waals surface area contributed by atoms with E-state index in [1.54, 1.807) is 24.8 Å². The van der Waals surface area contributed by atoms with Crippen LogP contribution in [0.3, 0.4) is 0 Å². The number of Topliss-reactive ketones (excluding diaryl/α,β-unsaturated/α-hetero) is 1. The molecular formula is C45H63N5O7. The SMILES string of the molecule is C=CCC[C@@H](NC(=O)[C@@H]1[C@@H]2C(CN1C(=O)[C@@H](NC(=O)NC13CC4CC(CC(C4)C1)C3)C1CCCCC1)C2(C)C)C(=O)C(=O)NCC(=O)OC(C)(C)c1ccccc1. The van der Waals surface area contributed by atoms with Crippen molar-refractivity contribution in [3.05, 3.63) is 48.6 Å². The van der Waals surface area contributed by atoms with Crippen molar-refractivity contribution in [2.75, 3.05) is 13.1 Å². The molecule has 6 aliphatic carbocycles. The van der Waals surface area contributed by atoms with Crippen molar-refractivity contribution in [1.82, 2.24) is 26.2 Å². The van der Waals surface area contributed by atoms with Gasteiger partial charge in [-0.25, -0.2) is 4.79 Å². The van der Waals surface area contributed by atoms with E-state index in [2.05, 4.69) is 41.7 Å². The number of esters is 1. The van der Waals surface area contributed by atoms with E-state index in [1.165, 1.54) is 19.3 Å². The molecule has 1 aromatic rings. The summed E-state index contributed by atoms with van der Waals surface area (Å²) in [5.74, 6) is -1.50. The van der Waals surface area contributed by atoms with Crippen LogP contribution >= 0.6 is 0 Å². The summed E-state index contributed by atoms with van der Waals surface area (Å²) in [5.41, 5.74) is -0.598. The lowest BCUT2D eigenvalue weighted by molar-refractivity contribution is -0.157. The number of piperidine rings is 1. The molecule has 5 amide bonds. The molecule has 12 heteroatoms. The summed E-state index contributed by atoms with van der Waals surface area (Å²) < 4.78 is 5.61. The number of urea groups is 1. The van der Waals surface area contributed by atoms with Gasteiger partial charge in [0.25, 0.3) is 5.91 Å². The van der Waals surface area contributed by atoms with Gasteiger partial charge in [0.2, 0.25) is 17.6 Å². The number of allylic oxidation sites excluding steroid dienone is 1. The van der Waals surface area contributed by atoms with E-state index in [-0.39, 0.29) is 47.1 Å². The molecule has 1 heterocycles. The third kappa shape index (κ3) is 8.65. The van der Waals surface area contributed by atoms with Gasteiger partial charge in [0.15, 0.2) is 0 Å². The summed E-state index contributed by atoms with van der Waals surface area (Å²) in [7, 11) is 0. The Kier molecular flexibility index (Phi) is 11.6. The normalized spacial score (nSPS) is 30.6. The molecule has 4 N–H and O–H groups in total. The van der Waals surface area contributed by atoms with Crippen molar-refractivity contribution in [1.29, 1.82) is 0 Å². The summed E-state index contributed by atoms with van der Waals surface area (Å²) in [6.45, 7) is 11.3. The molecule has 5 atom stereocenters. The fourth-order valence-corrected chi connectivity index (χ4v) is 11.9. The average molecular weight is 786 g/mol. The Morgan fingerprint density at radius 3 is 2.18 bits per heavy atom. The molecule has 57 heavy (non-hydrogen) atoms. The van der Waals surface area contributed by atoms with Gasteiger partial charge in [-0.2, -0.15) is 0 Å². The van der Waals surface area contributed by atoms with Crippen molar-refractivity contribution in [3.63, 3.8) is 0 Å². The van der Waals surface area contributed by atoms with E-state index in [9.17, 15) is 28.8 Å². The standard InChI is InChI=1S/C45H63N5O7/c1-6-7-18-33(38(52)40(54)46-25-34(51)57-44(4,5)31-16-12-9-13-17-31)47-39(53)37-35-32(43(35,2)3)26-50(37)41(55)36(30-14-10-8-11-15-30)48-42(56)49-45-22-27-19-28(23-45)21-29(20-27)24-45/h6,9,12-13,16-17,27-30,32-33,35-37H,1,7-8,10-11,14-15,18-26H2,2-5H3,(H,46,54)(H,47,53)(H2,48,49,56)/t27?,28?,29?,32?,33-,35+,36+,37+,45?/m1/s1. The van der Waals surface area contributed by atoms with E-state index in [0.717, 1.165) is 56.9 Å². The maximum Gasteiger partial charge on any atom is 0.326 e.